The Morgan fingerprint density at radius 1 is 1.06 bits per heavy atom. The molecule has 0 radical (unpaired) electrons. The average molecular weight is 228 g/mol. The molecule has 1 aromatic heterocycles. The quantitative estimate of drug-likeness (QED) is 0.859. The van der Waals surface area contributed by atoms with Crippen LogP contribution in [0.25, 0.3) is 11.3 Å². The predicted molar refractivity (Wildman–Crippen MR) is 70.9 cm³/mol. The second-order valence-corrected chi connectivity index (χ2v) is 4.31. The van der Waals surface area contributed by atoms with Crippen molar-refractivity contribution in [1.29, 1.82) is 0 Å². The molecule has 0 atom stereocenters. The molecule has 0 fully saturated rings. The molecule has 2 rings (SSSR count). The molecule has 0 aliphatic carbocycles. The first-order valence-electron chi connectivity index (χ1n) is 5.67. The smallest absolute Gasteiger partial charge is 0.274 e. The van der Waals surface area contributed by atoms with Gasteiger partial charge < -0.3 is 10.3 Å². The summed E-state index contributed by atoms with van der Waals surface area (Å²) in [6, 6.07) is 13.5. The Labute approximate surface area is 101 Å². The highest BCUT2D eigenvalue weighted by Gasteiger charge is 2.10. The number of anilines is 1. The van der Waals surface area contributed by atoms with Crippen LogP contribution in [0.15, 0.2) is 47.3 Å². The number of hydrogen-bond acceptors (Lipinski definition) is 2. The number of benzene rings is 1. The van der Waals surface area contributed by atoms with Crippen molar-refractivity contribution in [3.8, 4) is 11.3 Å². The van der Waals surface area contributed by atoms with Crippen molar-refractivity contribution in [2.75, 3.05) is 5.73 Å². The van der Waals surface area contributed by atoms with Gasteiger partial charge in [0.2, 0.25) is 0 Å². The number of nitrogens with two attached hydrogens (primary N) is 1. The Balaban J connectivity index is 2.71. The minimum absolute atomic E-state index is 0.0845. The Morgan fingerprint density at radius 2 is 1.71 bits per heavy atom. The monoisotopic (exact) mass is 228 g/mol. The van der Waals surface area contributed by atoms with Gasteiger partial charge in [0.05, 0.1) is 11.4 Å². The zero-order valence-corrected chi connectivity index (χ0v) is 10.1. The molecule has 1 aromatic carbocycles. The van der Waals surface area contributed by atoms with E-state index in [9.17, 15) is 4.79 Å². The first kappa shape index (κ1) is 11.5. The van der Waals surface area contributed by atoms with Crippen molar-refractivity contribution in [2.24, 2.45) is 0 Å². The van der Waals surface area contributed by atoms with Gasteiger partial charge in [-0.25, -0.2) is 0 Å². The van der Waals surface area contributed by atoms with Gasteiger partial charge in [-0.1, -0.05) is 30.3 Å². The molecule has 88 valence electrons. The molecule has 17 heavy (non-hydrogen) atoms. The number of nitrogen functional groups attached to an aromatic ring is 1. The van der Waals surface area contributed by atoms with E-state index in [1.54, 1.807) is 10.6 Å². The van der Waals surface area contributed by atoms with Crippen molar-refractivity contribution in [3.05, 3.63) is 52.8 Å². The summed E-state index contributed by atoms with van der Waals surface area (Å²) in [7, 11) is 0. The summed E-state index contributed by atoms with van der Waals surface area (Å²) in [4.78, 5) is 12.0. The van der Waals surface area contributed by atoms with Gasteiger partial charge >= 0.3 is 0 Å². The predicted octanol–water partition coefficient (Wildman–Crippen LogP) is 2.68. The zero-order valence-electron chi connectivity index (χ0n) is 10.1. The largest absolute Gasteiger partial charge is 0.394 e. The third-order valence-electron chi connectivity index (χ3n) is 2.73. The van der Waals surface area contributed by atoms with Crippen LogP contribution in [0.1, 0.15) is 19.9 Å². The SMILES string of the molecule is CC(C)n1c(-c2ccccc2)ccc(N)c1=O. The summed E-state index contributed by atoms with van der Waals surface area (Å²) >= 11 is 0. The van der Waals surface area contributed by atoms with Crippen LogP contribution in [-0.4, -0.2) is 4.57 Å². The lowest BCUT2D eigenvalue weighted by Crippen LogP contribution is -2.25. The van der Waals surface area contributed by atoms with Gasteiger partial charge in [0.25, 0.3) is 5.56 Å². The molecule has 0 bridgehead atoms. The third-order valence-corrected chi connectivity index (χ3v) is 2.73. The van der Waals surface area contributed by atoms with Gasteiger partial charge in [-0.2, -0.15) is 0 Å². The van der Waals surface area contributed by atoms with E-state index in [1.807, 2.05) is 50.2 Å². The van der Waals surface area contributed by atoms with Gasteiger partial charge in [-0.3, -0.25) is 4.79 Å². The van der Waals surface area contributed by atoms with E-state index in [0.29, 0.717) is 5.69 Å². The highest BCUT2D eigenvalue weighted by atomic mass is 16.1. The Hall–Kier alpha value is -2.03. The Morgan fingerprint density at radius 3 is 2.29 bits per heavy atom. The third kappa shape index (κ3) is 2.09. The molecule has 0 unspecified atom stereocenters. The van der Waals surface area contributed by atoms with E-state index in [1.165, 1.54) is 0 Å². The van der Waals surface area contributed by atoms with Crippen LogP contribution in [0.3, 0.4) is 0 Å². The molecule has 0 spiro atoms. The summed E-state index contributed by atoms with van der Waals surface area (Å²) in [5.74, 6) is 0. The van der Waals surface area contributed by atoms with Crippen LogP contribution in [0.5, 0.6) is 0 Å². The Bertz CT molecular complexity index is 571. The normalized spacial score (nSPS) is 10.8. The van der Waals surface area contributed by atoms with Crippen LogP contribution < -0.4 is 11.3 Å². The maximum absolute atomic E-state index is 12.0. The van der Waals surface area contributed by atoms with E-state index in [2.05, 4.69) is 0 Å². The zero-order chi connectivity index (χ0) is 12.4. The molecule has 1 heterocycles. The van der Waals surface area contributed by atoms with E-state index < -0.39 is 0 Å². The molecule has 3 nitrogen and oxygen atoms in total. The second-order valence-electron chi connectivity index (χ2n) is 4.31. The fraction of sp³-hybridized carbons (Fsp3) is 0.214. The highest BCUT2D eigenvalue weighted by molar-refractivity contribution is 5.61. The summed E-state index contributed by atoms with van der Waals surface area (Å²) < 4.78 is 1.73. The maximum Gasteiger partial charge on any atom is 0.274 e. The van der Waals surface area contributed by atoms with Crippen LogP contribution in [0.4, 0.5) is 5.69 Å². The number of nitrogens with zero attached hydrogens (tertiary/aromatic N) is 1. The van der Waals surface area contributed by atoms with Crippen molar-refractivity contribution in [2.45, 2.75) is 19.9 Å². The van der Waals surface area contributed by atoms with Crippen LogP contribution in [0, 0.1) is 0 Å². The summed E-state index contributed by atoms with van der Waals surface area (Å²) in [6.45, 7) is 3.96. The van der Waals surface area contributed by atoms with E-state index in [4.69, 9.17) is 5.73 Å². The highest BCUT2D eigenvalue weighted by Crippen LogP contribution is 2.21. The minimum atomic E-state index is -0.124. The van der Waals surface area contributed by atoms with Crippen LogP contribution in [-0.2, 0) is 0 Å². The summed E-state index contributed by atoms with van der Waals surface area (Å²) in [5, 5.41) is 0. The van der Waals surface area contributed by atoms with Crippen molar-refractivity contribution >= 4 is 5.69 Å². The molecule has 0 saturated carbocycles. The van der Waals surface area contributed by atoms with E-state index in [0.717, 1.165) is 11.3 Å². The van der Waals surface area contributed by atoms with E-state index >= 15 is 0 Å². The molecule has 3 heteroatoms. The van der Waals surface area contributed by atoms with Crippen LogP contribution in [0.2, 0.25) is 0 Å². The lowest BCUT2D eigenvalue weighted by atomic mass is 10.1. The molecule has 0 aliphatic heterocycles. The standard InChI is InChI=1S/C14H16N2O/c1-10(2)16-13(9-8-12(15)14(16)17)11-6-4-3-5-7-11/h3-10H,15H2,1-2H3. The van der Waals surface area contributed by atoms with Crippen LogP contribution >= 0.6 is 0 Å². The molecule has 2 aromatic rings. The summed E-state index contributed by atoms with van der Waals surface area (Å²) in [6.07, 6.45) is 0. The van der Waals surface area contributed by atoms with Gasteiger partial charge in [0, 0.05) is 6.04 Å². The topological polar surface area (TPSA) is 48.0 Å². The lowest BCUT2D eigenvalue weighted by molar-refractivity contribution is 0.586. The fourth-order valence-corrected chi connectivity index (χ4v) is 1.93. The van der Waals surface area contributed by atoms with Gasteiger partial charge in [-0.05, 0) is 31.5 Å². The number of rotatable bonds is 2. The maximum atomic E-state index is 12.0. The number of hydrogen-bond donors (Lipinski definition) is 1. The Kier molecular flexibility index (Phi) is 3.00. The first-order chi connectivity index (χ1) is 8.11. The molecular weight excluding hydrogens is 212 g/mol. The number of aromatic nitrogens is 1. The molecule has 0 aliphatic rings. The van der Waals surface area contributed by atoms with Crippen molar-refractivity contribution in [1.82, 2.24) is 4.57 Å². The molecule has 0 amide bonds. The number of pyridine rings is 1. The average Bonchev–Trinajstić information content (AvgIpc) is 2.33. The van der Waals surface area contributed by atoms with E-state index in [-0.39, 0.29) is 11.6 Å². The van der Waals surface area contributed by atoms with Crippen molar-refractivity contribution < 1.29 is 0 Å². The summed E-state index contributed by atoms with van der Waals surface area (Å²) in [5.41, 5.74) is 7.77. The van der Waals surface area contributed by atoms with Gasteiger partial charge in [-0.15, -0.1) is 0 Å². The lowest BCUT2D eigenvalue weighted by Gasteiger charge is -2.17. The molecule has 2 N–H and O–H groups in total. The van der Waals surface area contributed by atoms with Gasteiger partial charge in [0.1, 0.15) is 0 Å². The molecule has 0 saturated heterocycles. The van der Waals surface area contributed by atoms with Crippen molar-refractivity contribution in [3.63, 3.8) is 0 Å². The first-order valence-corrected chi connectivity index (χ1v) is 5.67. The fourth-order valence-electron chi connectivity index (χ4n) is 1.93. The minimum Gasteiger partial charge on any atom is -0.394 e. The second kappa shape index (κ2) is 4.45. The molecular formula is C14H16N2O. The van der Waals surface area contributed by atoms with Gasteiger partial charge in [0.15, 0.2) is 0 Å².